The molecule has 0 aromatic heterocycles. The normalized spacial score (nSPS) is 34.7. The molecule has 0 aromatic rings. The van der Waals surface area contributed by atoms with E-state index in [0.29, 0.717) is 32.7 Å². The van der Waals surface area contributed by atoms with Gasteiger partial charge in [0.1, 0.15) is 0 Å². The first kappa shape index (κ1) is 14.8. The van der Waals surface area contributed by atoms with E-state index >= 15 is 0 Å². The molecule has 1 amide bonds. The maximum absolute atomic E-state index is 13.0. The number of likely N-dealkylation sites (tertiary alicyclic amines) is 1. The zero-order chi connectivity index (χ0) is 15.1. The van der Waals surface area contributed by atoms with E-state index < -0.39 is 11.4 Å². The molecular weight excluding hydrogens is 270 g/mol. The van der Waals surface area contributed by atoms with Crippen LogP contribution < -0.4 is 0 Å². The third kappa shape index (κ3) is 2.17. The van der Waals surface area contributed by atoms with Crippen LogP contribution >= 0.6 is 0 Å². The number of carboxylic acids is 1. The molecule has 3 rings (SSSR count). The van der Waals surface area contributed by atoms with Gasteiger partial charge in [-0.15, -0.1) is 0 Å². The lowest BCUT2D eigenvalue weighted by Crippen LogP contribution is -2.46. The minimum Gasteiger partial charge on any atom is -0.481 e. The molecule has 2 atom stereocenters. The van der Waals surface area contributed by atoms with Crippen LogP contribution in [0.25, 0.3) is 0 Å². The molecule has 0 spiro atoms. The summed E-state index contributed by atoms with van der Waals surface area (Å²) in [5.74, 6) is -0.622. The van der Waals surface area contributed by atoms with Crippen LogP contribution in [0.15, 0.2) is 0 Å². The molecule has 3 fully saturated rings. The average Bonchev–Trinajstić information content (AvgIpc) is 3.12. The summed E-state index contributed by atoms with van der Waals surface area (Å²) in [7, 11) is 0. The molecule has 5 nitrogen and oxygen atoms in total. The fraction of sp³-hybridized carbons (Fsp3) is 0.875. The van der Waals surface area contributed by atoms with Crippen LogP contribution in [0.3, 0.4) is 0 Å². The Kier molecular flexibility index (Phi) is 3.72. The second kappa shape index (κ2) is 5.27. The zero-order valence-electron chi connectivity index (χ0n) is 12.8. The van der Waals surface area contributed by atoms with E-state index in [9.17, 15) is 14.7 Å². The van der Waals surface area contributed by atoms with Gasteiger partial charge in [-0.25, -0.2) is 0 Å². The van der Waals surface area contributed by atoms with E-state index in [2.05, 4.69) is 6.92 Å². The molecule has 0 aromatic carbocycles. The largest absolute Gasteiger partial charge is 0.481 e. The fourth-order valence-corrected chi connectivity index (χ4v) is 4.56. The molecule has 5 heteroatoms. The average molecular weight is 295 g/mol. The quantitative estimate of drug-likeness (QED) is 0.863. The van der Waals surface area contributed by atoms with Gasteiger partial charge < -0.3 is 14.7 Å². The van der Waals surface area contributed by atoms with Crippen LogP contribution in [0, 0.1) is 16.7 Å². The van der Waals surface area contributed by atoms with Crippen molar-refractivity contribution in [2.75, 3.05) is 26.3 Å². The highest BCUT2D eigenvalue weighted by molar-refractivity contribution is 5.85. The summed E-state index contributed by atoms with van der Waals surface area (Å²) in [6, 6.07) is 0. The number of aliphatic carboxylic acids is 1. The molecule has 1 aliphatic carbocycles. The number of rotatable bonds is 3. The Morgan fingerprint density at radius 1 is 1.29 bits per heavy atom. The molecule has 0 unspecified atom stereocenters. The molecule has 3 aliphatic rings. The highest BCUT2D eigenvalue weighted by atomic mass is 16.5. The molecule has 0 radical (unpaired) electrons. The molecule has 2 saturated heterocycles. The third-order valence-corrected chi connectivity index (χ3v) is 6.11. The standard InChI is InChI=1S/C16H25NO4/c1-2-15(5-3-4-6-15)13(18)17-9-12-10-21-8-7-16(12,11-17)14(19)20/h12H,2-11H2,1H3,(H,19,20)/t12-,16+/m0/s1. The van der Waals surface area contributed by atoms with Crippen molar-refractivity contribution in [1.82, 2.24) is 4.90 Å². The summed E-state index contributed by atoms with van der Waals surface area (Å²) in [5, 5.41) is 9.69. The van der Waals surface area contributed by atoms with Gasteiger partial charge in [-0.3, -0.25) is 9.59 Å². The molecule has 118 valence electrons. The first-order valence-electron chi connectivity index (χ1n) is 8.15. The number of ether oxygens (including phenoxy) is 1. The van der Waals surface area contributed by atoms with E-state index in [1.165, 1.54) is 0 Å². The van der Waals surface area contributed by atoms with E-state index in [1.807, 2.05) is 4.90 Å². The van der Waals surface area contributed by atoms with Crippen LogP contribution in [0.2, 0.25) is 0 Å². The minimum absolute atomic E-state index is 0.0528. The number of carbonyl (C=O) groups is 2. The topological polar surface area (TPSA) is 66.8 Å². The van der Waals surface area contributed by atoms with E-state index in [0.717, 1.165) is 32.1 Å². The number of amides is 1. The van der Waals surface area contributed by atoms with Crippen LogP contribution in [0.5, 0.6) is 0 Å². The molecule has 1 saturated carbocycles. The molecule has 0 bridgehead atoms. The summed E-state index contributed by atoms with van der Waals surface area (Å²) in [4.78, 5) is 26.6. The summed E-state index contributed by atoms with van der Waals surface area (Å²) in [6.45, 7) is 3.96. The lowest BCUT2D eigenvalue weighted by Gasteiger charge is -2.34. The molecule has 2 heterocycles. The van der Waals surface area contributed by atoms with Gasteiger partial charge in [0.25, 0.3) is 0 Å². The second-order valence-electron chi connectivity index (χ2n) is 7.01. The van der Waals surface area contributed by atoms with Gasteiger partial charge in [0.2, 0.25) is 5.91 Å². The highest BCUT2D eigenvalue weighted by Gasteiger charge is 2.56. The first-order valence-corrected chi connectivity index (χ1v) is 8.15. The summed E-state index contributed by atoms with van der Waals surface area (Å²) in [5.41, 5.74) is -1.00. The maximum Gasteiger partial charge on any atom is 0.311 e. The van der Waals surface area contributed by atoms with Gasteiger partial charge in [0.05, 0.1) is 12.0 Å². The van der Waals surface area contributed by atoms with Crippen molar-refractivity contribution in [3.63, 3.8) is 0 Å². The molecule has 21 heavy (non-hydrogen) atoms. The van der Waals surface area contributed by atoms with Crippen LogP contribution in [0.1, 0.15) is 45.4 Å². The Bertz CT molecular complexity index is 444. The van der Waals surface area contributed by atoms with Gasteiger partial charge in [-0.1, -0.05) is 19.8 Å². The van der Waals surface area contributed by atoms with Crippen LogP contribution in [-0.4, -0.2) is 48.2 Å². The van der Waals surface area contributed by atoms with Crippen molar-refractivity contribution in [1.29, 1.82) is 0 Å². The number of hydrogen-bond donors (Lipinski definition) is 1. The predicted octanol–water partition coefficient (Wildman–Crippen LogP) is 1.91. The van der Waals surface area contributed by atoms with Gasteiger partial charge >= 0.3 is 5.97 Å². The predicted molar refractivity (Wildman–Crippen MR) is 76.8 cm³/mol. The van der Waals surface area contributed by atoms with Crippen molar-refractivity contribution < 1.29 is 19.4 Å². The number of carboxylic acid groups (broad SMARTS) is 1. The Hall–Kier alpha value is -1.10. The van der Waals surface area contributed by atoms with E-state index in [4.69, 9.17) is 4.74 Å². The van der Waals surface area contributed by atoms with E-state index in [-0.39, 0.29) is 17.2 Å². The zero-order valence-corrected chi connectivity index (χ0v) is 12.8. The Balaban J connectivity index is 1.82. The van der Waals surface area contributed by atoms with Crippen molar-refractivity contribution in [3.8, 4) is 0 Å². The van der Waals surface area contributed by atoms with Crippen molar-refractivity contribution in [2.45, 2.75) is 45.4 Å². The van der Waals surface area contributed by atoms with Gasteiger partial charge in [-0.05, 0) is 25.7 Å². The number of nitrogens with zero attached hydrogens (tertiary/aromatic N) is 1. The third-order valence-electron chi connectivity index (χ3n) is 6.11. The Morgan fingerprint density at radius 3 is 2.57 bits per heavy atom. The van der Waals surface area contributed by atoms with Gasteiger partial charge in [0, 0.05) is 31.0 Å². The minimum atomic E-state index is -0.776. The molecule has 1 N–H and O–H groups in total. The number of fused-ring (bicyclic) bond motifs is 1. The molecule has 2 aliphatic heterocycles. The van der Waals surface area contributed by atoms with Crippen molar-refractivity contribution in [2.24, 2.45) is 16.7 Å². The first-order chi connectivity index (χ1) is 10.0. The fourth-order valence-electron chi connectivity index (χ4n) is 4.56. The second-order valence-corrected chi connectivity index (χ2v) is 7.01. The number of hydrogen-bond acceptors (Lipinski definition) is 3. The highest BCUT2D eigenvalue weighted by Crippen LogP contribution is 2.47. The Morgan fingerprint density at radius 2 is 2.00 bits per heavy atom. The smallest absolute Gasteiger partial charge is 0.311 e. The lowest BCUT2D eigenvalue weighted by atomic mass is 9.74. The summed E-state index contributed by atoms with van der Waals surface area (Å²) < 4.78 is 5.46. The SMILES string of the molecule is CCC1(C(=O)N2C[C@H]3COCC[C@@]3(C(=O)O)C2)CCCC1. The monoisotopic (exact) mass is 295 g/mol. The van der Waals surface area contributed by atoms with E-state index in [1.54, 1.807) is 0 Å². The summed E-state index contributed by atoms with van der Waals surface area (Å²) in [6.07, 6.45) is 5.54. The summed E-state index contributed by atoms with van der Waals surface area (Å²) >= 11 is 0. The van der Waals surface area contributed by atoms with Gasteiger partial charge in [0.15, 0.2) is 0 Å². The number of carbonyl (C=O) groups excluding carboxylic acids is 1. The Labute approximate surface area is 125 Å². The van der Waals surface area contributed by atoms with Crippen LogP contribution in [-0.2, 0) is 14.3 Å². The van der Waals surface area contributed by atoms with Crippen molar-refractivity contribution >= 4 is 11.9 Å². The lowest BCUT2D eigenvalue weighted by molar-refractivity contribution is -0.157. The van der Waals surface area contributed by atoms with Crippen LogP contribution in [0.4, 0.5) is 0 Å². The van der Waals surface area contributed by atoms with Crippen molar-refractivity contribution in [3.05, 3.63) is 0 Å². The van der Waals surface area contributed by atoms with Gasteiger partial charge in [-0.2, -0.15) is 0 Å². The maximum atomic E-state index is 13.0. The molecular formula is C16H25NO4.